The van der Waals surface area contributed by atoms with Crippen molar-refractivity contribution in [3.8, 4) is 0 Å². The second kappa shape index (κ2) is 7.46. The topological polar surface area (TPSA) is 72.4 Å². The number of amides is 1. The van der Waals surface area contributed by atoms with Crippen molar-refractivity contribution in [2.24, 2.45) is 5.92 Å². The van der Waals surface area contributed by atoms with Crippen molar-refractivity contribution in [2.75, 3.05) is 4.90 Å². The van der Waals surface area contributed by atoms with Gasteiger partial charge in [-0.05, 0) is 37.0 Å². The molecule has 1 amide bonds. The average molecular weight is 444 g/mol. The van der Waals surface area contributed by atoms with E-state index in [2.05, 4.69) is 10.2 Å². The Bertz CT molecular complexity index is 1060. The molecule has 3 heterocycles. The number of ketones is 1. The Labute approximate surface area is 183 Å². The number of benzene rings is 1. The van der Waals surface area contributed by atoms with Crippen LogP contribution in [0.5, 0.6) is 0 Å². The van der Waals surface area contributed by atoms with Gasteiger partial charge in [0, 0.05) is 10.9 Å². The average Bonchev–Trinajstić information content (AvgIpc) is 3.32. The van der Waals surface area contributed by atoms with E-state index in [4.69, 9.17) is 16.3 Å². The van der Waals surface area contributed by atoms with E-state index in [0.29, 0.717) is 15.7 Å². The third kappa shape index (κ3) is 3.06. The summed E-state index contributed by atoms with van der Waals surface area (Å²) in [4.78, 5) is 28.6. The molecule has 1 aliphatic carbocycles. The predicted molar refractivity (Wildman–Crippen MR) is 115 cm³/mol. The van der Waals surface area contributed by atoms with E-state index in [1.165, 1.54) is 11.3 Å². The van der Waals surface area contributed by atoms with Crippen LogP contribution >= 0.6 is 22.9 Å². The van der Waals surface area contributed by atoms with Gasteiger partial charge in [-0.3, -0.25) is 14.5 Å². The van der Waals surface area contributed by atoms with Gasteiger partial charge in [-0.1, -0.05) is 55.3 Å². The van der Waals surface area contributed by atoms with E-state index >= 15 is 0 Å². The summed E-state index contributed by atoms with van der Waals surface area (Å²) >= 11 is 7.63. The summed E-state index contributed by atoms with van der Waals surface area (Å²) in [6, 6.07) is 6.69. The molecule has 2 aliphatic heterocycles. The van der Waals surface area contributed by atoms with Crippen LogP contribution in [0.2, 0.25) is 5.02 Å². The van der Waals surface area contributed by atoms with Gasteiger partial charge in [0.15, 0.2) is 11.5 Å². The molecule has 8 heteroatoms. The fourth-order valence-electron chi connectivity index (χ4n) is 4.59. The maximum atomic E-state index is 13.6. The van der Waals surface area contributed by atoms with Crippen LogP contribution in [0, 0.1) is 5.92 Å². The Kier molecular flexibility index (Phi) is 4.90. The zero-order valence-electron chi connectivity index (χ0n) is 16.8. The number of aromatic nitrogens is 2. The molecular weight excluding hydrogens is 422 g/mol. The number of nitrogens with zero attached hydrogens (tertiary/aromatic N) is 3. The molecule has 0 saturated heterocycles. The quantitative estimate of drug-likeness (QED) is 0.680. The summed E-state index contributed by atoms with van der Waals surface area (Å²) in [7, 11) is 0. The lowest BCUT2D eigenvalue weighted by molar-refractivity contribution is -0.131. The molecule has 3 aliphatic rings. The SMILES string of the molecule is CC(C)c1nnc(N2C(=O)C3=C(C(=O)C4CCCCC4O3)C2c2cccc(Cl)c2)s1. The van der Waals surface area contributed by atoms with Crippen LogP contribution in [0.3, 0.4) is 0 Å². The fraction of sp³-hybridized carbons (Fsp3) is 0.455. The summed E-state index contributed by atoms with van der Waals surface area (Å²) in [5, 5.41) is 10.4. The van der Waals surface area contributed by atoms with Crippen LogP contribution in [-0.2, 0) is 14.3 Å². The summed E-state index contributed by atoms with van der Waals surface area (Å²) in [5.74, 6) is -0.113. The first-order valence-corrected chi connectivity index (χ1v) is 11.5. The number of ether oxygens (including phenoxy) is 1. The highest BCUT2D eigenvalue weighted by molar-refractivity contribution is 7.15. The smallest absolute Gasteiger partial charge is 0.296 e. The summed E-state index contributed by atoms with van der Waals surface area (Å²) < 4.78 is 6.18. The summed E-state index contributed by atoms with van der Waals surface area (Å²) in [6.07, 6.45) is 3.41. The van der Waals surface area contributed by atoms with Crippen molar-refractivity contribution in [3.05, 3.63) is 51.2 Å². The lowest BCUT2D eigenvalue weighted by Gasteiger charge is -2.35. The molecule has 1 fully saturated rings. The number of carbonyl (C=O) groups excluding carboxylic acids is 2. The van der Waals surface area contributed by atoms with Crippen LogP contribution in [0.15, 0.2) is 35.6 Å². The van der Waals surface area contributed by atoms with Crippen molar-refractivity contribution in [1.82, 2.24) is 10.2 Å². The Hall–Kier alpha value is -2.25. The number of rotatable bonds is 3. The number of anilines is 1. The van der Waals surface area contributed by atoms with Crippen molar-refractivity contribution in [3.63, 3.8) is 0 Å². The van der Waals surface area contributed by atoms with Gasteiger partial charge in [0.25, 0.3) is 5.91 Å². The Balaban J connectivity index is 1.64. The molecular formula is C22H22ClN3O3S. The molecule has 1 aromatic carbocycles. The molecule has 0 spiro atoms. The molecule has 1 saturated carbocycles. The van der Waals surface area contributed by atoms with Gasteiger partial charge < -0.3 is 4.74 Å². The van der Waals surface area contributed by atoms with E-state index in [-0.39, 0.29) is 35.4 Å². The van der Waals surface area contributed by atoms with E-state index < -0.39 is 6.04 Å². The van der Waals surface area contributed by atoms with Gasteiger partial charge >= 0.3 is 0 Å². The number of halogens is 1. The van der Waals surface area contributed by atoms with Crippen molar-refractivity contribution >= 4 is 39.8 Å². The lowest BCUT2D eigenvalue weighted by atomic mass is 9.77. The summed E-state index contributed by atoms with van der Waals surface area (Å²) in [6.45, 7) is 4.07. The largest absolute Gasteiger partial charge is 0.483 e. The van der Waals surface area contributed by atoms with Gasteiger partial charge in [-0.25, -0.2) is 0 Å². The Morgan fingerprint density at radius 2 is 2.00 bits per heavy atom. The maximum absolute atomic E-state index is 13.6. The van der Waals surface area contributed by atoms with Gasteiger partial charge in [0.2, 0.25) is 5.13 Å². The molecule has 156 valence electrons. The van der Waals surface area contributed by atoms with Crippen molar-refractivity contribution in [2.45, 2.75) is 57.6 Å². The van der Waals surface area contributed by atoms with Crippen LogP contribution in [0.4, 0.5) is 5.13 Å². The highest BCUT2D eigenvalue weighted by Gasteiger charge is 2.53. The van der Waals surface area contributed by atoms with Gasteiger partial charge in [0.1, 0.15) is 11.1 Å². The molecule has 6 nitrogen and oxygen atoms in total. The molecule has 2 aromatic rings. The Morgan fingerprint density at radius 3 is 2.73 bits per heavy atom. The second-order valence-corrected chi connectivity index (χ2v) is 9.79. The van der Waals surface area contributed by atoms with E-state index in [0.717, 1.165) is 36.3 Å². The highest BCUT2D eigenvalue weighted by Crippen LogP contribution is 2.49. The lowest BCUT2D eigenvalue weighted by Crippen LogP contribution is -2.39. The first kappa shape index (κ1) is 19.7. The molecule has 5 rings (SSSR count). The molecule has 30 heavy (non-hydrogen) atoms. The summed E-state index contributed by atoms with van der Waals surface area (Å²) in [5.41, 5.74) is 1.21. The fourth-order valence-corrected chi connectivity index (χ4v) is 5.66. The van der Waals surface area contributed by atoms with E-state index in [1.807, 2.05) is 26.0 Å². The maximum Gasteiger partial charge on any atom is 0.296 e. The molecule has 1 aromatic heterocycles. The molecule has 0 radical (unpaired) electrons. The zero-order valence-corrected chi connectivity index (χ0v) is 18.4. The molecule has 3 unspecified atom stereocenters. The predicted octanol–water partition coefficient (Wildman–Crippen LogP) is 4.82. The van der Waals surface area contributed by atoms with Gasteiger partial charge in [-0.2, -0.15) is 0 Å². The molecule has 0 bridgehead atoms. The molecule has 0 N–H and O–H groups in total. The van der Waals surface area contributed by atoms with Gasteiger partial charge in [0.05, 0.1) is 17.5 Å². The minimum atomic E-state index is -0.602. The van der Waals surface area contributed by atoms with Crippen molar-refractivity contribution < 1.29 is 14.3 Å². The Morgan fingerprint density at radius 1 is 1.20 bits per heavy atom. The number of carbonyl (C=O) groups is 2. The minimum Gasteiger partial charge on any atom is -0.483 e. The molecule has 3 atom stereocenters. The zero-order chi connectivity index (χ0) is 21.0. The number of hydrogen-bond acceptors (Lipinski definition) is 6. The van der Waals surface area contributed by atoms with E-state index in [1.54, 1.807) is 17.0 Å². The number of Topliss-reactive ketones (excluding diaryl/α,β-unsaturated/α-hetero) is 1. The van der Waals surface area contributed by atoms with Crippen LogP contribution in [-0.4, -0.2) is 28.0 Å². The standard InChI is InChI=1S/C22H22ClN3O3S/c1-11(2)20-24-25-22(30-20)26-17(12-6-5-7-13(23)10-12)16-18(27)14-8-3-4-9-15(14)29-19(16)21(26)28/h5-7,10-11,14-15,17H,3-4,8-9H2,1-2H3. The van der Waals surface area contributed by atoms with Crippen LogP contribution < -0.4 is 4.90 Å². The first-order chi connectivity index (χ1) is 14.5. The van der Waals surface area contributed by atoms with Crippen molar-refractivity contribution in [1.29, 1.82) is 0 Å². The minimum absolute atomic E-state index is 0.0235. The third-order valence-electron chi connectivity index (χ3n) is 6.06. The number of hydrogen-bond donors (Lipinski definition) is 0. The number of fused-ring (bicyclic) bond motifs is 1. The van der Waals surface area contributed by atoms with Crippen LogP contribution in [0.1, 0.15) is 62.1 Å². The van der Waals surface area contributed by atoms with Crippen LogP contribution in [0.25, 0.3) is 0 Å². The monoisotopic (exact) mass is 443 g/mol. The third-order valence-corrected chi connectivity index (χ3v) is 7.52. The van der Waals surface area contributed by atoms with E-state index in [9.17, 15) is 9.59 Å². The first-order valence-electron chi connectivity index (χ1n) is 10.3. The normalized spacial score (nSPS) is 26.1. The highest BCUT2D eigenvalue weighted by atomic mass is 35.5. The second-order valence-electron chi connectivity index (χ2n) is 8.36. The van der Waals surface area contributed by atoms with Gasteiger partial charge in [-0.15, -0.1) is 10.2 Å².